The van der Waals surface area contributed by atoms with Crippen molar-refractivity contribution in [3.63, 3.8) is 0 Å². The van der Waals surface area contributed by atoms with Crippen molar-refractivity contribution in [2.75, 3.05) is 0 Å². The molecule has 0 spiro atoms. The van der Waals surface area contributed by atoms with E-state index in [9.17, 15) is 0 Å². The molecule has 0 aliphatic carbocycles. The number of aryl methyl sites for hydroxylation is 2. The van der Waals surface area contributed by atoms with Crippen LogP contribution < -0.4 is 5.73 Å². The lowest BCUT2D eigenvalue weighted by atomic mass is 10.0. The molecule has 2 N–H and O–H groups in total. The predicted octanol–water partition coefficient (Wildman–Crippen LogP) is 3.97. The summed E-state index contributed by atoms with van der Waals surface area (Å²) in [6.45, 7) is 6.92. The van der Waals surface area contributed by atoms with Gasteiger partial charge in [0.05, 0.1) is 11.7 Å². The number of aromatic nitrogens is 2. The van der Waals surface area contributed by atoms with Crippen molar-refractivity contribution in [3.05, 3.63) is 52.0 Å². The first-order valence-corrected chi connectivity index (χ1v) is 7.37. The van der Waals surface area contributed by atoms with Gasteiger partial charge in [-0.2, -0.15) is 5.10 Å². The van der Waals surface area contributed by atoms with Crippen molar-refractivity contribution in [2.45, 2.75) is 33.4 Å². The largest absolute Gasteiger partial charge is 0.459 e. The molecule has 1 unspecified atom stereocenters. The zero-order valence-electron chi connectivity index (χ0n) is 12.4. The average molecular weight is 304 g/mol. The smallest absolute Gasteiger partial charge is 0.134 e. The number of hydrogen-bond donors (Lipinski definition) is 1. The number of fused-ring (bicyclic) bond motifs is 1. The molecule has 0 bridgehead atoms. The van der Waals surface area contributed by atoms with Gasteiger partial charge in [0, 0.05) is 28.2 Å². The van der Waals surface area contributed by atoms with Crippen LogP contribution in [0.1, 0.15) is 35.7 Å². The molecule has 3 rings (SSSR count). The van der Waals surface area contributed by atoms with E-state index in [-0.39, 0.29) is 6.04 Å². The van der Waals surface area contributed by atoms with Crippen molar-refractivity contribution in [3.8, 4) is 0 Å². The molecule has 4 nitrogen and oxygen atoms in total. The highest BCUT2D eigenvalue weighted by molar-refractivity contribution is 6.31. The molecule has 1 atom stereocenters. The second-order valence-electron chi connectivity index (χ2n) is 5.21. The van der Waals surface area contributed by atoms with Crippen LogP contribution in [0.15, 0.2) is 28.7 Å². The Hall–Kier alpha value is -1.78. The predicted molar refractivity (Wildman–Crippen MR) is 84.6 cm³/mol. The standard InChI is InChI=1S/C16H18ClN3O/c1-4-20-10(3)15(9(2)19-20)16(18)14-8-11-7-12(17)5-6-13(11)21-14/h5-8,16H,4,18H2,1-3H3. The number of rotatable bonds is 3. The molecule has 2 aromatic heterocycles. The third-order valence-corrected chi connectivity index (χ3v) is 4.09. The summed E-state index contributed by atoms with van der Waals surface area (Å²) >= 11 is 6.01. The van der Waals surface area contributed by atoms with Crippen molar-refractivity contribution >= 4 is 22.6 Å². The highest BCUT2D eigenvalue weighted by Crippen LogP contribution is 2.31. The fourth-order valence-electron chi connectivity index (χ4n) is 2.80. The average Bonchev–Trinajstić information content (AvgIpc) is 2.98. The molecule has 110 valence electrons. The monoisotopic (exact) mass is 303 g/mol. The number of benzene rings is 1. The lowest BCUT2D eigenvalue weighted by Gasteiger charge is -2.09. The van der Waals surface area contributed by atoms with Gasteiger partial charge in [-0.3, -0.25) is 4.68 Å². The summed E-state index contributed by atoms with van der Waals surface area (Å²) in [5.41, 5.74) is 10.3. The van der Waals surface area contributed by atoms with Crippen molar-refractivity contribution in [2.24, 2.45) is 5.73 Å². The quantitative estimate of drug-likeness (QED) is 0.796. The van der Waals surface area contributed by atoms with Crippen LogP contribution in [0.25, 0.3) is 11.0 Å². The van der Waals surface area contributed by atoms with Gasteiger partial charge >= 0.3 is 0 Å². The lowest BCUT2D eigenvalue weighted by molar-refractivity contribution is 0.523. The van der Waals surface area contributed by atoms with Gasteiger partial charge in [0.1, 0.15) is 11.3 Å². The van der Waals surface area contributed by atoms with Gasteiger partial charge in [0.2, 0.25) is 0 Å². The second kappa shape index (κ2) is 5.20. The van der Waals surface area contributed by atoms with E-state index in [1.165, 1.54) is 0 Å². The van der Waals surface area contributed by atoms with Crippen LogP contribution in [0.2, 0.25) is 5.02 Å². The van der Waals surface area contributed by atoms with E-state index in [4.69, 9.17) is 21.8 Å². The molecule has 5 heteroatoms. The fraction of sp³-hybridized carbons (Fsp3) is 0.312. The van der Waals surface area contributed by atoms with Crippen LogP contribution in [0.3, 0.4) is 0 Å². The number of nitrogens with zero attached hydrogens (tertiary/aromatic N) is 2. The topological polar surface area (TPSA) is 57.0 Å². The molecular formula is C16H18ClN3O. The Morgan fingerprint density at radius 2 is 2.10 bits per heavy atom. The number of hydrogen-bond acceptors (Lipinski definition) is 3. The Kier molecular flexibility index (Phi) is 3.51. The normalized spacial score (nSPS) is 13.0. The van der Waals surface area contributed by atoms with Crippen LogP contribution in [0.4, 0.5) is 0 Å². The van der Waals surface area contributed by atoms with Gasteiger partial charge in [-0.1, -0.05) is 11.6 Å². The van der Waals surface area contributed by atoms with Crippen molar-refractivity contribution in [1.82, 2.24) is 9.78 Å². The minimum atomic E-state index is -0.323. The van der Waals surface area contributed by atoms with E-state index >= 15 is 0 Å². The minimum absolute atomic E-state index is 0.323. The number of furan rings is 1. The Labute approximate surface area is 128 Å². The fourth-order valence-corrected chi connectivity index (χ4v) is 2.98. The van der Waals surface area contributed by atoms with Crippen molar-refractivity contribution in [1.29, 1.82) is 0 Å². The molecule has 0 fully saturated rings. The molecule has 0 aliphatic heterocycles. The highest BCUT2D eigenvalue weighted by atomic mass is 35.5. The molecule has 0 saturated carbocycles. The molecule has 0 amide bonds. The molecule has 0 radical (unpaired) electrons. The maximum atomic E-state index is 6.41. The molecule has 0 saturated heterocycles. The molecule has 21 heavy (non-hydrogen) atoms. The maximum absolute atomic E-state index is 6.41. The van der Waals surface area contributed by atoms with Gasteiger partial charge in [-0.15, -0.1) is 0 Å². The van der Waals surface area contributed by atoms with Crippen LogP contribution in [-0.4, -0.2) is 9.78 Å². The van der Waals surface area contributed by atoms with E-state index in [1.54, 1.807) is 0 Å². The van der Waals surface area contributed by atoms with Crippen LogP contribution in [-0.2, 0) is 6.54 Å². The summed E-state index contributed by atoms with van der Waals surface area (Å²) in [6, 6.07) is 7.19. The summed E-state index contributed by atoms with van der Waals surface area (Å²) < 4.78 is 7.83. The number of nitrogens with two attached hydrogens (primary N) is 1. The van der Waals surface area contributed by atoms with E-state index in [0.29, 0.717) is 5.02 Å². The van der Waals surface area contributed by atoms with Gasteiger partial charge in [-0.05, 0) is 45.0 Å². The van der Waals surface area contributed by atoms with E-state index in [1.807, 2.05) is 42.8 Å². The highest BCUT2D eigenvalue weighted by Gasteiger charge is 2.22. The first-order chi connectivity index (χ1) is 10.0. The minimum Gasteiger partial charge on any atom is -0.459 e. The zero-order chi connectivity index (χ0) is 15.1. The van der Waals surface area contributed by atoms with Gasteiger partial charge < -0.3 is 10.2 Å². The Balaban J connectivity index is 2.08. The summed E-state index contributed by atoms with van der Waals surface area (Å²) in [6.07, 6.45) is 0. The van der Waals surface area contributed by atoms with E-state index in [2.05, 4.69) is 12.0 Å². The van der Waals surface area contributed by atoms with Gasteiger partial charge in [0.15, 0.2) is 0 Å². The maximum Gasteiger partial charge on any atom is 0.134 e. The van der Waals surface area contributed by atoms with Crippen LogP contribution in [0, 0.1) is 13.8 Å². The molecular weight excluding hydrogens is 286 g/mol. The zero-order valence-corrected chi connectivity index (χ0v) is 13.1. The van der Waals surface area contributed by atoms with Crippen LogP contribution >= 0.6 is 11.6 Å². The summed E-state index contributed by atoms with van der Waals surface area (Å²) in [5, 5.41) is 6.17. The lowest BCUT2D eigenvalue weighted by Crippen LogP contribution is -2.13. The second-order valence-corrected chi connectivity index (χ2v) is 5.65. The first kappa shape index (κ1) is 14.2. The van der Waals surface area contributed by atoms with Gasteiger partial charge in [-0.25, -0.2) is 0 Å². The van der Waals surface area contributed by atoms with Gasteiger partial charge in [0.25, 0.3) is 0 Å². The van der Waals surface area contributed by atoms with E-state index < -0.39 is 0 Å². The summed E-state index contributed by atoms with van der Waals surface area (Å²) in [4.78, 5) is 0. The van der Waals surface area contributed by atoms with Crippen LogP contribution in [0.5, 0.6) is 0 Å². The first-order valence-electron chi connectivity index (χ1n) is 6.99. The van der Waals surface area contributed by atoms with E-state index in [0.717, 1.165) is 40.2 Å². The van der Waals surface area contributed by atoms with Crippen molar-refractivity contribution < 1.29 is 4.42 Å². The molecule has 0 aliphatic rings. The SMILES string of the molecule is CCn1nc(C)c(C(N)c2cc3cc(Cl)ccc3o2)c1C. The third-order valence-electron chi connectivity index (χ3n) is 3.85. The Morgan fingerprint density at radius 3 is 2.76 bits per heavy atom. The molecule has 3 aromatic rings. The Bertz CT molecular complexity index is 803. The summed E-state index contributed by atoms with van der Waals surface area (Å²) in [5.74, 6) is 0.731. The summed E-state index contributed by atoms with van der Waals surface area (Å²) in [7, 11) is 0. The molecule has 2 heterocycles. The number of halogens is 1. The third kappa shape index (κ3) is 2.34. The molecule has 1 aromatic carbocycles. The Morgan fingerprint density at radius 1 is 1.33 bits per heavy atom.